The van der Waals surface area contributed by atoms with Gasteiger partial charge >= 0.3 is 6.18 Å². The van der Waals surface area contributed by atoms with Crippen molar-refractivity contribution < 1.29 is 22.4 Å². The van der Waals surface area contributed by atoms with Gasteiger partial charge in [0.05, 0.1) is 35.1 Å². The summed E-state index contributed by atoms with van der Waals surface area (Å²) in [5.74, 6) is 0.138. The quantitative estimate of drug-likeness (QED) is 0.851. The van der Waals surface area contributed by atoms with Gasteiger partial charge in [0.15, 0.2) is 0 Å². The number of carbonyl (C=O) groups is 1. The molecule has 1 aromatic heterocycles. The summed E-state index contributed by atoms with van der Waals surface area (Å²) in [5, 5.41) is 5.29. The van der Waals surface area contributed by atoms with Crippen molar-refractivity contribution in [1.82, 2.24) is 5.32 Å². The van der Waals surface area contributed by atoms with Gasteiger partial charge < -0.3 is 9.73 Å². The first-order valence-electron chi connectivity index (χ1n) is 6.71. The molecule has 0 bridgehead atoms. The molecular formula is C15H14ClF3N2O2. The van der Waals surface area contributed by atoms with Crippen molar-refractivity contribution in [2.75, 3.05) is 11.9 Å². The minimum absolute atomic E-state index is 0.0328. The van der Waals surface area contributed by atoms with E-state index in [2.05, 4.69) is 10.6 Å². The average molecular weight is 347 g/mol. The molecule has 0 aliphatic heterocycles. The molecule has 23 heavy (non-hydrogen) atoms. The number of hydrogen-bond acceptors (Lipinski definition) is 3. The minimum atomic E-state index is -4.50. The van der Waals surface area contributed by atoms with Crippen molar-refractivity contribution >= 4 is 23.2 Å². The van der Waals surface area contributed by atoms with E-state index in [0.717, 1.165) is 18.2 Å². The Hall–Kier alpha value is -1.99. The highest BCUT2D eigenvalue weighted by Crippen LogP contribution is 2.33. The van der Waals surface area contributed by atoms with E-state index >= 15 is 0 Å². The first kappa shape index (κ1) is 17.4. The summed E-state index contributed by atoms with van der Waals surface area (Å²) in [4.78, 5) is 11.9. The van der Waals surface area contributed by atoms with Crippen molar-refractivity contribution in [3.63, 3.8) is 0 Å². The molecule has 0 fully saturated rings. The fourth-order valence-corrected chi connectivity index (χ4v) is 2.04. The van der Waals surface area contributed by atoms with Gasteiger partial charge in [-0.25, -0.2) is 0 Å². The monoisotopic (exact) mass is 346 g/mol. The second kappa shape index (κ2) is 7.06. The van der Waals surface area contributed by atoms with E-state index in [-0.39, 0.29) is 23.3 Å². The predicted molar refractivity (Wildman–Crippen MR) is 80.2 cm³/mol. The van der Waals surface area contributed by atoms with Crippen molar-refractivity contribution in [2.24, 2.45) is 0 Å². The number of halogens is 4. The third-order valence-corrected chi connectivity index (χ3v) is 3.44. The molecule has 1 amide bonds. The van der Waals surface area contributed by atoms with Crippen molar-refractivity contribution in [3.8, 4) is 0 Å². The molecule has 0 saturated carbocycles. The number of furan rings is 1. The van der Waals surface area contributed by atoms with E-state index in [9.17, 15) is 18.0 Å². The van der Waals surface area contributed by atoms with Crippen LogP contribution in [0.4, 0.5) is 18.9 Å². The zero-order valence-electron chi connectivity index (χ0n) is 12.1. The van der Waals surface area contributed by atoms with Gasteiger partial charge in [0, 0.05) is 0 Å². The Morgan fingerprint density at radius 2 is 2.09 bits per heavy atom. The van der Waals surface area contributed by atoms with E-state index in [0.29, 0.717) is 5.76 Å². The Morgan fingerprint density at radius 3 is 2.70 bits per heavy atom. The van der Waals surface area contributed by atoms with Gasteiger partial charge in [0.2, 0.25) is 5.91 Å². The maximum absolute atomic E-state index is 12.7. The highest BCUT2D eigenvalue weighted by atomic mass is 35.5. The first-order chi connectivity index (χ1) is 10.8. The average Bonchev–Trinajstić information content (AvgIpc) is 3.00. The number of hydrogen-bond donors (Lipinski definition) is 2. The molecule has 1 heterocycles. The van der Waals surface area contributed by atoms with E-state index in [1.165, 1.54) is 6.26 Å². The van der Waals surface area contributed by atoms with Gasteiger partial charge in [-0.3, -0.25) is 10.1 Å². The van der Waals surface area contributed by atoms with Crippen LogP contribution >= 0.6 is 11.6 Å². The van der Waals surface area contributed by atoms with Crippen molar-refractivity contribution in [2.45, 2.75) is 19.1 Å². The number of nitrogens with one attached hydrogen (secondary N) is 2. The van der Waals surface area contributed by atoms with Gasteiger partial charge in [-0.2, -0.15) is 13.2 Å². The molecule has 0 aliphatic rings. The van der Waals surface area contributed by atoms with Crippen LogP contribution in [0.1, 0.15) is 24.3 Å². The topological polar surface area (TPSA) is 54.3 Å². The molecule has 0 aliphatic carbocycles. The summed E-state index contributed by atoms with van der Waals surface area (Å²) in [6.07, 6.45) is -2.99. The van der Waals surface area contributed by atoms with E-state index in [4.69, 9.17) is 16.0 Å². The van der Waals surface area contributed by atoms with Crippen LogP contribution in [0, 0.1) is 0 Å². The molecule has 0 spiro atoms. The van der Waals surface area contributed by atoms with E-state index < -0.39 is 17.6 Å². The second-order valence-corrected chi connectivity index (χ2v) is 5.27. The fourth-order valence-electron chi connectivity index (χ4n) is 1.88. The molecule has 2 N–H and O–H groups in total. The molecule has 1 aromatic carbocycles. The molecule has 2 rings (SSSR count). The number of anilines is 1. The lowest BCUT2D eigenvalue weighted by atomic mass is 10.2. The maximum atomic E-state index is 12.7. The zero-order chi connectivity index (χ0) is 17.0. The van der Waals surface area contributed by atoms with Crippen LogP contribution in [0.3, 0.4) is 0 Å². The maximum Gasteiger partial charge on any atom is 0.416 e. The Bertz CT molecular complexity index is 672. The minimum Gasteiger partial charge on any atom is -0.468 e. The normalized spacial score (nSPS) is 12.9. The number of benzene rings is 1. The Morgan fingerprint density at radius 1 is 1.35 bits per heavy atom. The number of rotatable bonds is 5. The molecule has 0 saturated heterocycles. The van der Waals surface area contributed by atoms with Crippen LogP contribution in [0.5, 0.6) is 0 Å². The standard InChI is InChI=1S/C15H14ClF3N2O2/c1-9(13-3-2-6-23-13)20-8-14(22)21-12-7-10(15(17,18)19)4-5-11(12)16/h2-7,9,20H,8H2,1H3,(H,21,22)/t9-/m0/s1. The summed E-state index contributed by atoms with van der Waals surface area (Å²) >= 11 is 5.82. The summed E-state index contributed by atoms with van der Waals surface area (Å²) < 4.78 is 43.2. The number of alkyl halides is 3. The highest BCUT2D eigenvalue weighted by molar-refractivity contribution is 6.33. The van der Waals surface area contributed by atoms with Crippen LogP contribution in [-0.2, 0) is 11.0 Å². The summed E-state index contributed by atoms with van der Waals surface area (Å²) in [6, 6.07) is 6.01. The van der Waals surface area contributed by atoms with Gasteiger partial charge in [-0.1, -0.05) is 11.6 Å². The van der Waals surface area contributed by atoms with E-state index in [1.54, 1.807) is 19.1 Å². The summed E-state index contributed by atoms with van der Waals surface area (Å²) in [6.45, 7) is 1.69. The largest absolute Gasteiger partial charge is 0.468 e. The molecule has 0 unspecified atom stereocenters. The SMILES string of the molecule is C[C@H](NCC(=O)Nc1cc(C(F)(F)F)ccc1Cl)c1ccco1. The molecule has 8 heteroatoms. The molecule has 1 atom stereocenters. The zero-order valence-corrected chi connectivity index (χ0v) is 12.8. The van der Waals surface area contributed by atoms with Gasteiger partial charge in [-0.15, -0.1) is 0 Å². The Balaban J connectivity index is 1.97. The van der Waals surface area contributed by atoms with Crippen LogP contribution in [-0.4, -0.2) is 12.5 Å². The number of amides is 1. The van der Waals surface area contributed by atoms with Crippen LogP contribution in [0.2, 0.25) is 5.02 Å². The van der Waals surface area contributed by atoms with Crippen molar-refractivity contribution in [1.29, 1.82) is 0 Å². The Kier molecular flexibility index (Phi) is 5.33. The third kappa shape index (κ3) is 4.74. The van der Waals surface area contributed by atoms with Gasteiger partial charge in [-0.05, 0) is 37.3 Å². The van der Waals surface area contributed by atoms with E-state index in [1.807, 2.05) is 0 Å². The molecule has 0 radical (unpaired) electrons. The molecule has 4 nitrogen and oxygen atoms in total. The lowest BCUT2D eigenvalue weighted by molar-refractivity contribution is -0.137. The molecule has 124 valence electrons. The third-order valence-electron chi connectivity index (χ3n) is 3.11. The lowest BCUT2D eigenvalue weighted by Gasteiger charge is -2.13. The van der Waals surface area contributed by atoms with Crippen LogP contribution < -0.4 is 10.6 Å². The number of carbonyl (C=O) groups excluding carboxylic acids is 1. The summed E-state index contributed by atoms with van der Waals surface area (Å²) in [7, 11) is 0. The lowest BCUT2D eigenvalue weighted by Crippen LogP contribution is -2.30. The summed E-state index contributed by atoms with van der Waals surface area (Å²) in [5.41, 5.74) is -0.965. The second-order valence-electron chi connectivity index (χ2n) is 4.86. The smallest absolute Gasteiger partial charge is 0.416 e. The van der Waals surface area contributed by atoms with Crippen LogP contribution in [0.15, 0.2) is 41.0 Å². The van der Waals surface area contributed by atoms with Crippen molar-refractivity contribution in [3.05, 3.63) is 52.9 Å². The van der Waals surface area contributed by atoms with Gasteiger partial charge in [0.1, 0.15) is 5.76 Å². The predicted octanol–water partition coefficient (Wildman–Crippen LogP) is 4.24. The van der Waals surface area contributed by atoms with Crippen LogP contribution in [0.25, 0.3) is 0 Å². The fraction of sp³-hybridized carbons (Fsp3) is 0.267. The molecule has 2 aromatic rings. The molecular weight excluding hydrogens is 333 g/mol. The first-order valence-corrected chi connectivity index (χ1v) is 7.08. The Labute approximate surface area is 135 Å². The highest BCUT2D eigenvalue weighted by Gasteiger charge is 2.31. The van der Waals surface area contributed by atoms with Gasteiger partial charge in [0.25, 0.3) is 0 Å².